The second kappa shape index (κ2) is 13.6. The molecule has 0 spiro atoms. The molecule has 0 aliphatic carbocycles. The Balaban J connectivity index is 0.000000376. The molecule has 0 atom stereocenters. The summed E-state index contributed by atoms with van der Waals surface area (Å²) in [6, 6.07) is 0. The van der Waals surface area contributed by atoms with Gasteiger partial charge in [0.2, 0.25) is 11.8 Å². The highest BCUT2D eigenvalue weighted by atomic mass is 16.4. The Labute approximate surface area is 154 Å². The number of aromatic nitrogens is 4. The first kappa shape index (κ1) is 23.3. The SMILES string of the molecule is NC(=O)Cc1cnc[nH]1.NC(=O)Cc1cnc[nH]1.O=C(O)CCCC(=O)O. The molecule has 0 aromatic carbocycles. The fourth-order valence-corrected chi connectivity index (χ4v) is 1.53. The van der Waals surface area contributed by atoms with Crippen molar-refractivity contribution < 1.29 is 29.4 Å². The quantitative estimate of drug-likeness (QED) is 0.338. The first-order chi connectivity index (χ1) is 12.7. The van der Waals surface area contributed by atoms with Gasteiger partial charge in [-0.05, 0) is 6.42 Å². The van der Waals surface area contributed by atoms with E-state index in [1.165, 1.54) is 12.7 Å². The van der Waals surface area contributed by atoms with Gasteiger partial charge in [0.25, 0.3) is 0 Å². The van der Waals surface area contributed by atoms with Gasteiger partial charge in [-0.2, -0.15) is 0 Å². The average Bonchev–Trinajstić information content (AvgIpc) is 3.20. The van der Waals surface area contributed by atoms with Crippen molar-refractivity contribution in [2.24, 2.45) is 11.5 Å². The van der Waals surface area contributed by atoms with Crippen LogP contribution < -0.4 is 11.5 Å². The number of rotatable bonds is 8. The van der Waals surface area contributed by atoms with Crippen molar-refractivity contribution >= 4 is 23.8 Å². The van der Waals surface area contributed by atoms with Crippen LogP contribution in [0.3, 0.4) is 0 Å². The summed E-state index contributed by atoms with van der Waals surface area (Å²) >= 11 is 0. The summed E-state index contributed by atoms with van der Waals surface area (Å²) in [5.74, 6) is -2.59. The summed E-state index contributed by atoms with van der Waals surface area (Å²) in [4.78, 5) is 53.0. The van der Waals surface area contributed by atoms with Crippen molar-refractivity contribution in [1.82, 2.24) is 19.9 Å². The van der Waals surface area contributed by atoms with E-state index in [1.54, 1.807) is 12.4 Å². The summed E-state index contributed by atoms with van der Waals surface area (Å²) in [5.41, 5.74) is 11.3. The van der Waals surface area contributed by atoms with Crippen LogP contribution in [-0.2, 0) is 32.0 Å². The Morgan fingerprint density at radius 1 is 0.815 bits per heavy atom. The molecule has 2 rings (SSSR count). The first-order valence-electron chi connectivity index (χ1n) is 7.65. The van der Waals surface area contributed by atoms with Gasteiger partial charge in [0.05, 0.1) is 25.5 Å². The lowest BCUT2D eigenvalue weighted by atomic mass is 10.2. The van der Waals surface area contributed by atoms with Crippen LogP contribution in [0, 0.1) is 0 Å². The Morgan fingerprint density at radius 3 is 1.41 bits per heavy atom. The van der Waals surface area contributed by atoms with E-state index < -0.39 is 11.9 Å². The summed E-state index contributed by atoms with van der Waals surface area (Å²) < 4.78 is 0. The molecule has 27 heavy (non-hydrogen) atoms. The van der Waals surface area contributed by atoms with Gasteiger partial charge in [0.1, 0.15) is 0 Å². The topological polar surface area (TPSA) is 218 Å². The Morgan fingerprint density at radius 2 is 1.19 bits per heavy atom. The normalized spacial score (nSPS) is 9.19. The van der Waals surface area contributed by atoms with Crippen LogP contribution in [0.5, 0.6) is 0 Å². The molecule has 2 amide bonds. The molecule has 2 aromatic heterocycles. The van der Waals surface area contributed by atoms with Crippen LogP contribution in [0.2, 0.25) is 0 Å². The second-order valence-electron chi connectivity index (χ2n) is 5.08. The predicted octanol–water partition coefficient (Wildman–Crippen LogP) is -0.799. The number of carboxylic acids is 2. The number of hydrogen-bond donors (Lipinski definition) is 6. The molecule has 8 N–H and O–H groups in total. The fourth-order valence-electron chi connectivity index (χ4n) is 1.53. The van der Waals surface area contributed by atoms with Crippen molar-refractivity contribution in [3.8, 4) is 0 Å². The number of primary amides is 2. The van der Waals surface area contributed by atoms with E-state index in [0.29, 0.717) is 0 Å². The molecule has 12 nitrogen and oxygen atoms in total. The van der Waals surface area contributed by atoms with E-state index >= 15 is 0 Å². The van der Waals surface area contributed by atoms with E-state index in [4.69, 9.17) is 21.7 Å². The number of imidazole rings is 2. The zero-order valence-electron chi connectivity index (χ0n) is 14.4. The number of nitrogens with zero attached hydrogens (tertiary/aromatic N) is 2. The lowest BCUT2D eigenvalue weighted by Gasteiger charge is -1.89. The number of carbonyl (C=O) groups is 4. The van der Waals surface area contributed by atoms with Crippen molar-refractivity contribution in [3.05, 3.63) is 36.4 Å². The third-order valence-corrected chi connectivity index (χ3v) is 2.62. The van der Waals surface area contributed by atoms with Gasteiger partial charge in [0, 0.05) is 36.6 Å². The molecule has 0 bridgehead atoms. The highest BCUT2D eigenvalue weighted by Crippen LogP contribution is 1.93. The van der Waals surface area contributed by atoms with E-state index in [0.717, 1.165) is 11.4 Å². The third kappa shape index (κ3) is 15.6. The highest BCUT2D eigenvalue weighted by molar-refractivity contribution is 5.76. The van der Waals surface area contributed by atoms with E-state index in [1.807, 2.05) is 0 Å². The molecule has 0 fully saturated rings. The van der Waals surface area contributed by atoms with Crippen LogP contribution in [0.4, 0.5) is 0 Å². The van der Waals surface area contributed by atoms with Crippen LogP contribution in [0.15, 0.2) is 25.0 Å². The van der Waals surface area contributed by atoms with Crippen LogP contribution in [0.1, 0.15) is 30.7 Å². The molecule has 0 saturated heterocycles. The lowest BCUT2D eigenvalue weighted by molar-refractivity contribution is -0.138. The van der Waals surface area contributed by atoms with Gasteiger partial charge in [-0.25, -0.2) is 9.97 Å². The van der Waals surface area contributed by atoms with Gasteiger partial charge in [-0.3, -0.25) is 19.2 Å². The molecule has 0 radical (unpaired) electrons. The Bertz CT molecular complexity index is 638. The molecule has 0 aliphatic rings. The Kier molecular flexibility index (Phi) is 11.7. The minimum absolute atomic E-state index is 0.0632. The maximum Gasteiger partial charge on any atom is 0.303 e. The van der Waals surface area contributed by atoms with Crippen LogP contribution in [-0.4, -0.2) is 53.9 Å². The number of hydrogen-bond acceptors (Lipinski definition) is 6. The minimum Gasteiger partial charge on any atom is -0.481 e. The van der Waals surface area contributed by atoms with Crippen molar-refractivity contribution in [1.29, 1.82) is 0 Å². The number of carbonyl (C=O) groups excluding carboxylic acids is 2. The smallest absolute Gasteiger partial charge is 0.303 e. The lowest BCUT2D eigenvalue weighted by Crippen LogP contribution is -2.13. The monoisotopic (exact) mass is 382 g/mol. The number of amides is 2. The van der Waals surface area contributed by atoms with Crippen molar-refractivity contribution in [2.45, 2.75) is 32.1 Å². The molecule has 0 aliphatic heterocycles. The summed E-state index contributed by atoms with van der Waals surface area (Å²) in [5, 5.41) is 16.1. The maximum atomic E-state index is 10.2. The van der Waals surface area contributed by atoms with E-state index in [-0.39, 0.29) is 43.9 Å². The summed E-state index contributed by atoms with van der Waals surface area (Å²) in [6.45, 7) is 0. The van der Waals surface area contributed by atoms with Gasteiger partial charge >= 0.3 is 11.9 Å². The standard InChI is InChI=1S/2C5H7N3O.C5H8O4/c2*6-5(9)1-4-2-7-3-8-4;6-4(7)2-1-3-5(8)9/h2*2-3H,1H2,(H2,6,9)(H,7,8);1-3H2,(H,6,7)(H,8,9). The van der Waals surface area contributed by atoms with Gasteiger partial charge in [0.15, 0.2) is 0 Å². The number of aromatic amines is 2. The molecule has 0 saturated carbocycles. The number of nitrogens with two attached hydrogens (primary N) is 2. The van der Waals surface area contributed by atoms with Gasteiger partial charge in [-0.15, -0.1) is 0 Å². The predicted molar refractivity (Wildman–Crippen MR) is 92.1 cm³/mol. The molecule has 0 unspecified atom stereocenters. The third-order valence-electron chi connectivity index (χ3n) is 2.62. The maximum absolute atomic E-state index is 10.2. The van der Waals surface area contributed by atoms with Gasteiger partial charge in [-0.1, -0.05) is 0 Å². The van der Waals surface area contributed by atoms with E-state index in [2.05, 4.69) is 19.9 Å². The van der Waals surface area contributed by atoms with Crippen molar-refractivity contribution in [3.63, 3.8) is 0 Å². The number of H-pyrrole nitrogens is 2. The number of nitrogens with one attached hydrogen (secondary N) is 2. The zero-order valence-corrected chi connectivity index (χ0v) is 14.4. The average molecular weight is 382 g/mol. The second-order valence-corrected chi connectivity index (χ2v) is 5.08. The number of carboxylic acid groups (broad SMARTS) is 2. The van der Waals surface area contributed by atoms with Crippen LogP contribution >= 0.6 is 0 Å². The van der Waals surface area contributed by atoms with Crippen molar-refractivity contribution in [2.75, 3.05) is 0 Å². The van der Waals surface area contributed by atoms with Gasteiger partial charge < -0.3 is 31.6 Å². The Hall–Kier alpha value is -3.70. The van der Waals surface area contributed by atoms with E-state index in [9.17, 15) is 19.2 Å². The summed E-state index contributed by atoms with van der Waals surface area (Å²) in [6.07, 6.45) is 6.73. The fraction of sp³-hybridized carbons (Fsp3) is 0.333. The highest BCUT2D eigenvalue weighted by Gasteiger charge is 1.99. The molecule has 148 valence electrons. The molecule has 2 heterocycles. The molecular weight excluding hydrogens is 360 g/mol. The zero-order chi connectivity index (χ0) is 20.7. The largest absolute Gasteiger partial charge is 0.481 e. The minimum atomic E-state index is -0.948. The van der Waals surface area contributed by atoms with Crippen LogP contribution in [0.25, 0.3) is 0 Å². The first-order valence-corrected chi connectivity index (χ1v) is 7.65. The summed E-state index contributed by atoms with van der Waals surface area (Å²) in [7, 11) is 0. The molecular formula is C15H22N6O6. The molecule has 2 aromatic rings. The number of aliphatic carboxylic acids is 2. The molecule has 12 heteroatoms.